The zero-order valence-corrected chi connectivity index (χ0v) is 21.0. The molecule has 0 aliphatic heterocycles. The Morgan fingerprint density at radius 3 is 2.22 bits per heavy atom. The third-order valence-corrected chi connectivity index (χ3v) is 6.56. The largest absolute Gasteiger partial charge is 0.496 e. The summed E-state index contributed by atoms with van der Waals surface area (Å²) in [5, 5.41) is 19.5. The van der Waals surface area contributed by atoms with Crippen molar-refractivity contribution in [3.8, 4) is 5.75 Å². The summed E-state index contributed by atoms with van der Waals surface area (Å²) < 4.78 is 9.18. The van der Waals surface area contributed by atoms with Gasteiger partial charge in [0.05, 0.1) is 24.6 Å². The van der Waals surface area contributed by atoms with Gasteiger partial charge in [-0.25, -0.2) is 4.98 Å². The highest BCUT2D eigenvalue weighted by atomic mass is 16.5. The van der Waals surface area contributed by atoms with Crippen molar-refractivity contribution in [3.63, 3.8) is 0 Å². The van der Waals surface area contributed by atoms with Crippen LogP contribution in [-0.2, 0) is 18.6 Å². The number of carbonyl (C=O) groups excluding carboxylic acids is 1. The minimum atomic E-state index is -1.50. The fourth-order valence-corrected chi connectivity index (χ4v) is 4.68. The van der Waals surface area contributed by atoms with Crippen molar-refractivity contribution in [2.45, 2.75) is 32.4 Å². The first-order valence-electron chi connectivity index (χ1n) is 12.3. The Bertz CT molecular complexity index is 1500. The first-order valence-corrected chi connectivity index (χ1v) is 12.3. The van der Waals surface area contributed by atoms with Crippen molar-refractivity contribution in [2.75, 3.05) is 12.4 Å². The molecule has 8 nitrogen and oxygen atoms in total. The molecule has 0 radical (unpaired) electrons. The summed E-state index contributed by atoms with van der Waals surface area (Å²) in [6.07, 6.45) is 5.68. The smallest absolute Gasteiger partial charge is 0.261 e. The van der Waals surface area contributed by atoms with Gasteiger partial charge in [-0.05, 0) is 24.5 Å². The monoisotopic (exact) mass is 495 g/mol. The maximum atomic E-state index is 13.3. The normalized spacial score (nSPS) is 11.6. The van der Waals surface area contributed by atoms with E-state index in [1.54, 1.807) is 29.3 Å². The molecule has 0 spiro atoms. The molecule has 0 saturated carbocycles. The quantitative estimate of drug-likeness (QED) is 0.327. The van der Waals surface area contributed by atoms with Crippen LogP contribution in [0, 0.1) is 0 Å². The molecule has 1 amide bonds. The first-order chi connectivity index (χ1) is 18.0. The number of methoxy groups -OCH3 is 1. The number of fused-ring (bicyclic) bond motifs is 1. The number of benzene rings is 2. The Balaban J connectivity index is 1.68. The molecule has 5 rings (SSSR count). The number of hydrogen-bond donors (Lipinski definition) is 2. The Hall–Kier alpha value is -4.43. The van der Waals surface area contributed by atoms with E-state index < -0.39 is 5.60 Å². The zero-order chi connectivity index (χ0) is 26.0. The van der Waals surface area contributed by atoms with E-state index in [0.717, 1.165) is 5.69 Å². The molecular formula is C29H29N5O3. The van der Waals surface area contributed by atoms with E-state index in [1.165, 1.54) is 7.11 Å². The highest BCUT2D eigenvalue weighted by Crippen LogP contribution is 2.39. The predicted molar refractivity (Wildman–Crippen MR) is 142 cm³/mol. The van der Waals surface area contributed by atoms with Gasteiger partial charge in [0.25, 0.3) is 5.91 Å². The van der Waals surface area contributed by atoms with Crippen LogP contribution in [0.4, 0.5) is 5.69 Å². The van der Waals surface area contributed by atoms with Gasteiger partial charge in [-0.3, -0.25) is 9.48 Å². The average molecular weight is 496 g/mol. The molecule has 0 saturated heterocycles. The lowest BCUT2D eigenvalue weighted by atomic mass is 9.82. The summed E-state index contributed by atoms with van der Waals surface area (Å²) in [6, 6.07) is 20.7. The number of anilines is 1. The molecular weight excluding hydrogens is 466 g/mol. The van der Waals surface area contributed by atoms with Crippen LogP contribution in [0.5, 0.6) is 5.75 Å². The molecule has 0 fully saturated rings. The second-order valence-electron chi connectivity index (χ2n) is 8.73. The summed E-state index contributed by atoms with van der Waals surface area (Å²) in [7, 11) is 1.52. The van der Waals surface area contributed by atoms with Gasteiger partial charge in [0.1, 0.15) is 17.1 Å². The minimum Gasteiger partial charge on any atom is -0.496 e. The molecule has 0 unspecified atom stereocenters. The summed E-state index contributed by atoms with van der Waals surface area (Å²) in [5.41, 5.74) is 2.74. The molecule has 0 atom stereocenters. The Kier molecular flexibility index (Phi) is 6.50. The van der Waals surface area contributed by atoms with Crippen LogP contribution in [0.25, 0.3) is 5.65 Å². The zero-order valence-electron chi connectivity index (χ0n) is 21.0. The Morgan fingerprint density at radius 1 is 1.03 bits per heavy atom. The summed E-state index contributed by atoms with van der Waals surface area (Å²) >= 11 is 0. The highest BCUT2D eigenvalue weighted by molar-refractivity contribution is 6.06. The second-order valence-corrected chi connectivity index (χ2v) is 8.73. The van der Waals surface area contributed by atoms with E-state index in [9.17, 15) is 9.90 Å². The lowest BCUT2D eigenvalue weighted by Crippen LogP contribution is -2.30. The minimum absolute atomic E-state index is 0.326. The molecule has 5 aromatic rings. The van der Waals surface area contributed by atoms with Gasteiger partial charge < -0.3 is 19.6 Å². The van der Waals surface area contributed by atoms with Crippen molar-refractivity contribution in [1.29, 1.82) is 0 Å². The van der Waals surface area contributed by atoms with Crippen molar-refractivity contribution in [1.82, 2.24) is 19.2 Å². The number of carbonyl (C=O) groups is 1. The van der Waals surface area contributed by atoms with Crippen LogP contribution in [0.2, 0.25) is 0 Å². The Morgan fingerprint density at radius 2 is 1.68 bits per heavy atom. The van der Waals surface area contributed by atoms with Crippen LogP contribution in [-0.4, -0.2) is 37.3 Å². The number of imidazole rings is 1. The molecule has 37 heavy (non-hydrogen) atoms. The molecule has 3 aromatic heterocycles. The number of aromatic nitrogens is 4. The van der Waals surface area contributed by atoms with E-state index in [0.29, 0.717) is 52.4 Å². The van der Waals surface area contributed by atoms with Crippen LogP contribution in [0.1, 0.15) is 46.7 Å². The lowest BCUT2D eigenvalue weighted by molar-refractivity contribution is 0.102. The molecule has 3 heterocycles. The summed E-state index contributed by atoms with van der Waals surface area (Å²) in [6.45, 7) is 4.69. The number of aliphatic hydroxyl groups is 1. The Labute approximate surface area is 215 Å². The molecule has 188 valence electrons. The standard InChI is InChI=1S/C29H29N5O3/c1-4-24-27(29(36,20-12-8-6-9-13-20)21-14-10-7-11-15-21)32-26-16-25(37-3)23(19-34(24)26)28(35)31-22-17-30-33(5-2)18-22/h6-19,36H,4-5H2,1-3H3,(H,31,35). The van der Waals surface area contributed by atoms with E-state index in [4.69, 9.17) is 9.72 Å². The van der Waals surface area contributed by atoms with Gasteiger partial charge in [0.2, 0.25) is 0 Å². The van der Waals surface area contributed by atoms with E-state index in [1.807, 2.05) is 78.9 Å². The van der Waals surface area contributed by atoms with Crippen LogP contribution >= 0.6 is 0 Å². The number of ether oxygens (including phenoxy) is 1. The first kappa shape index (κ1) is 24.3. The maximum absolute atomic E-state index is 13.3. The number of nitrogens with zero attached hydrogens (tertiary/aromatic N) is 4. The second kappa shape index (κ2) is 9.91. The van der Waals surface area contributed by atoms with Crippen molar-refractivity contribution in [2.24, 2.45) is 0 Å². The van der Waals surface area contributed by atoms with Gasteiger partial charge in [0, 0.05) is 30.7 Å². The van der Waals surface area contributed by atoms with Crippen molar-refractivity contribution < 1.29 is 14.6 Å². The molecule has 2 aromatic carbocycles. The SMILES string of the molecule is CCc1c(C(O)(c2ccccc2)c2ccccc2)nc2cc(OC)c(C(=O)Nc3cnn(CC)c3)cn12. The number of nitrogens with one attached hydrogen (secondary N) is 1. The molecule has 0 aliphatic carbocycles. The van der Waals surface area contributed by atoms with E-state index >= 15 is 0 Å². The van der Waals surface area contributed by atoms with Gasteiger partial charge in [-0.15, -0.1) is 0 Å². The molecule has 8 heteroatoms. The molecule has 0 aliphatic rings. The summed E-state index contributed by atoms with van der Waals surface area (Å²) in [5.74, 6) is 0.0585. The number of amides is 1. The van der Waals surface area contributed by atoms with Gasteiger partial charge in [0.15, 0.2) is 5.60 Å². The number of hydrogen-bond acceptors (Lipinski definition) is 5. The number of pyridine rings is 1. The highest BCUT2D eigenvalue weighted by Gasteiger charge is 2.39. The van der Waals surface area contributed by atoms with Crippen molar-refractivity contribution >= 4 is 17.2 Å². The van der Waals surface area contributed by atoms with Crippen molar-refractivity contribution in [3.05, 3.63) is 113 Å². The number of rotatable bonds is 8. The van der Waals surface area contributed by atoms with Gasteiger partial charge in [-0.2, -0.15) is 5.10 Å². The fourth-order valence-electron chi connectivity index (χ4n) is 4.68. The predicted octanol–water partition coefficient (Wildman–Crippen LogP) is 4.66. The topological polar surface area (TPSA) is 93.7 Å². The third kappa shape index (κ3) is 4.25. The average Bonchev–Trinajstić information content (AvgIpc) is 3.56. The number of aryl methyl sites for hydroxylation is 2. The van der Waals surface area contributed by atoms with Crippen LogP contribution < -0.4 is 10.1 Å². The molecule has 0 bridgehead atoms. The van der Waals surface area contributed by atoms with Gasteiger partial charge in [-0.1, -0.05) is 67.6 Å². The molecule has 2 N–H and O–H groups in total. The van der Waals surface area contributed by atoms with Crippen LogP contribution in [0.15, 0.2) is 85.3 Å². The lowest BCUT2D eigenvalue weighted by Gasteiger charge is -2.29. The summed E-state index contributed by atoms with van der Waals surface area (Å²) in [4.78, 5) is 18.2. The van der Waals surface area contributed by atoms with E-state index in [-0.39, 0.29) is 5.91 Å². The van der Waals surface area contributed by atoms with Gasteiger partial charge >= 0.3 is 0 Å². The third-order valence-electron chi connectivity index (χ3n) is 6.56. The van der Waals surface area contributed by atoms with E-state index in [2.05, 4.69) is 10.4 Å². The maximum Gasteiger partial charge on any atom is 0.261 e. The fraction of sp³-hybridized carbons (Fsp3) is 0.207. The van der Waals surface area contributed by atoms with Crippen LogP contribution in [0.3, 0.4) is 0 Å².